The molecule has 31 heavy (non-hydrogen) atoms. The predicted molar refractivity (Wildman–Crippen MR) is 115 cm³/mol. The van der Waals surface area contributed by atoms with Gasteiger partial charge in [-0.1, -0.05) is 19.1 Å². The van der Waals surface area contributed by atoms with Crippen LogP contribution in [0.25, 0.3) is 11.0 Å². The fourth-order valence-electron chi connectivity index (χ4n) is 3.67. The van der Waals surface area contributed by atoms with Crippen LogP contribution in [0.4, 0.5) is 0 Å². The minimum absolute atomic E-state index is 0.179. The second-order valence-corrected chi connectivity index (χ2v) is 9.18. The Morgan fingerprint density at radius 3 is 2.71 bits per heavy atom. The summed E-state index contributed by atoms with van der Waals surface area (Å²) in [7, 11) is -3.60. The largest absolute Gasteiger partial charge is 0.484 e. The number of nitrogens with zero attached hydrogens (tertiary/aromatic N) is 4. The first-order chi connectivity index (χ1) is 15.0. The van der Waals surface area contributed by atoms with Crippen LogP contribution in [-0.2, 0) is 27.9 Å². The van der Waals surface area contributed by atoms with Crippen LogP contribution >= 0.6 is 0 Å². The molecule has 8 nitrogen and oxygen atoms in total. The molecule has 0 bridgehead atoms. The van der Waals surface area contributed by atoms with E-state index in [0.29, 0.717) is 49.0 Å². The minimum atomic E-state index is -3.60. The molecule has 4 rings (SSSR count). The number of nitriles is 1. The van der Waals surface area contributed by atoms with E-state index in [4.69, 9.17) is 9.47 Å². The Kier molecular flexibility index (Phi) is 6.23. The number of aryl methyl sites for hydroxylation is 1. The van der Waals surface area contributed by atoms with Crippen LogP contribution in [0.15, 0.2) is 47.4 Å². The molecule has 0 unspecified atom stereocenters. The van der Waals surface area contributed by atoms with E-state index in [1.165, 1.54) is 4.31 Å². The standard InChI is InChI=1S/C22H24N4O4S/c1-2-9-26-20-8-7-18(31(27,28)25-10-12-29-13-11-25)14-19(20)24-22(26)16-30-21-6-4-3-5-17(21)15-23/h3-8,14H,2,9-13,16H2,1H3. The van der Waals surface area contributed by atoms with Gasteiger partial charge >= 0.3 is 0 Å². The fraction of sp³-hybridized carbons (Fsp3) is 0.364. The number of morpholine rings is 1. The Morgan fingerprint density at radius 1 is 1.19 bits per heavy atom. The highest BCUT2D eigenvalue weighted by molar-refractivity contribution is 7.89. The van der Waals surface area contributed by atoms with E-state index in [1.54, 1.807) is 36.4 Å². The summed E-state index contributed by atoms with van der Waals surface area (Å²) in [6, 6.07) is 14.2. The van der Waals surface area contributed by atoms with Crippen LogP contribution in [-0.4, -0.2) is 48.6 Å². The molecule has 0 spiro atoms. The van der Waals surface area contributed by atoms with Gasteiger partial charge in [-0.15, -0.1) is 0 Å². The van der Waals surface area contributed by atoms with E-state index in [9.17, 15) is 13.7 Å². The molecule has 0 atom stereocenters. The Balaban J connectivity index is 1.66. The third-order valence-electron chi connectivity index (χ3n) is 5.22. The summed E-state index contributed by atoms with van der Waals surface area (Å²) in [5.74, 6) is 1.18. The number of ether oxygens (including phenoxy) is 2. The van der Waals surface area contributed by atoms with Crippen molar-refractivity contribution < 1.29 is 17.9 Å². The average Bonchev–Trinajstić information content (AvgIpc) is 3.15. The summed E-state index contributed by atoms with van der Waals surface area (Å²) < 4.78 is 40.7. The van der Waals surface area contributed by atoms with Crippen LogP contribution in [0.1, 0.15) is 24.7 Å². The van der Waals surface area contributed by atoms with Crippen LogP contribution in [0.2, 0.25) is 0 Å². The van der Waals surface area contributed by atoms with E-state index in [1.807, 2.05) is 10.6 Å². The zero-order valence-electron chi connectivity index (χ0n) is 17.3. The first-order valence-corrected chi connectivity index (χ1v) is 11.7. The quantitative estimate of drug-likeness (QED) is 0.560. The van der Waals surface area contributed by atoms with Gasteiger partial charge in [0.1, 0.15) is 24.3 Å². The monoisotopic (exact) mass is 440 g/mol. The number of hydrogen-bond donors (Lipinski definition) is 0. The molecule has 0 aliphatic carbocycles. The van der Waals surface area contributed by atoms with Crippen molar-refractivity contribution in [3.63, 3.8) is 0 Å². The molecule has 162 valence electrons. The van der Waals surface area contributed by atoms with Crippen molar-refractivity contribution in [1.29, 1.82) is 5.26 Å². The highest BCUT2D eigenvalue weighted by Crippen LogP contribution is 2.25. The molecule has 0 N–H and O–H groups in total. The van der Waals surface area contributed by atoms with Crippen molar-refractivity contribution in [2.45, 2.75) is 31.4 Å². The Bertz CT molecular complexity index is 1220. The molecule has 1 aliphatic heterocycles. The molecule has 2 heterocycles. The van der Waals surface area contributed by atoms with Crippen molar-refractivity contribution >= 4 is 21.1 Å². The lowest BCUT2D eigenvalue weighted by Gasteiger charge is -2.26. The molecule has 3 aromatic rings. The number of sulfonamides is 1. The SMILES string of the molecule is CCCn1c(COc2ccccc2C#N)nc2cc(S(=O)(=O)N3CCOCC3)ccc21. The van der Waals surface area contributed by atoms with E-state index in [0.717, 1.165) is 18.5 Å². The lowest BCUT2D eigenvalue weighted by Crippen LogP contribution is -2.40. The van der Waals surface area contributed by atoms with Gasteiger partial charge in [0.15, 0.2) is 0 Å². The fourth-order valence-corrected chi connectivity index (χ4v) is 5.09. The van der Waals surface area contributed by atoms with Crippen molar-refractivity contribution in [3.8, 4) is 11.8 Å². The number of benzene rings is 2. The molecule has 1 aliphatic rings. The molecule has 1 aromatic heterocycles. The zero-order chi connectivity index (χ0) is 21.8. The minimum Gasteiger partial charge on any atom is -0.484 e. The maximum Gasteiger partial charge on any atom is 0.243 e. The van der Waals surface area contributed by atoms with Crippen LogP contribution in [0, 0.1) is 11.3 Å². The summed E-state index contributed by atoms with van der Waals surface area (Å²) in [4.78, 5) is 4.90. The molecule has 0 saturated carbocycles. The number of imidazole rings is 1. The summed E-state index contributed by atoms with van der Waals surface area (Å²) in [5, 5.41) is 9.26. The Hall–Kier alpha value is -2.93. The van der Waals surface area contributed by atoms with Crippen LogP contribution in [0.5, 0.6) is 5.75 Å². The van der Waals surface area contributed by atoms with Gasteiger partial charge in [-0.05, 0) is 36.8 Å². The maximum absolute atomic E-state index is 13.0. The lowest BCUT2D eigenvalue weighted by molar-refractivity contribution is 0.0730. The topological polar surface area (TPSA) is 97.4 Å². The molecular formula is C22H24N4O4S. The molecule has 2 aromatic carbocycles. The lowest BCUT2D eigenvalue weighted by atomic mass is 10.2. The van der Waals surface area contributed by atoms with Gasteiger partial charge in [-0.3, -0.25) is 0 Å². The first-order valence-electron chi connectivity index (χ1n) is 10.2. The van der Waals surface area contributed by atoms with Gasteiger partial charge in [-0.25, -0.2) is 13.4 Å². The number of fused-ring (bicyclic) bond motifs is 1. The number of para-hydroxylation sites is 1. The van der Waals surface area contributed by atoms with Gasteiger partial charge in [0.2, 0.25) is 10.0 Å². The van der Waals surface area contributed by atoms with Crippen molar-refractivity contribution in [3.05, 3.63) is 53.9 Å². The summed E-state index contributed by atoms with van der Waals surface area (Å²) in [5.41, 5.74) is 1.92. The normalized spacial score (nSPS) is 15.1. The zero-order valence-corrected chi connectivity index (χ0v) is 18.1. The second-order valence-electron chi connectivity index (χ2n) is 7.24. The van der Waals surface area contributed by atoms with Gasteiger partial charge in [0.05, 0.1) is 34.7 Å². The van der Waals surface area contributed by atoms with E-state index < -0.39 is 10.0 Å². The van der Waals surface area contributed by atoms with Crippen molar-refractivity contribution in [2.24, 2.45) is 0 Å². The number of hydrogen-bond acceptors (Lipinski definition) is 6. The Labute approximate surface area is 181 Å². The molecule has 1 saturated heterocycles. The number of rotatable bonds is 7. The average molecular weight is 441 g/mol. The smallest absolute Gasteiger partial charge is 0.243 e. The molecular weight excluding hydrogens is 416 g/mol. The first kappa shape index (κ1) is 21.3. The van der Waals surface area contributed by atoms with Crippen molar-refractivity contribution in [2.75, 3.05) is 26.3 Å². The third-order valence-corrected chi connectivity index (χ3v) is 7.11. The summed E-state index contributed by atoms with van der Waals surface area (Å²) in [6.45, 7) is 4.48. The molecule has 9 heteroatoms. The third kappa shape index (κ3) is 4.28. The van der Waals surface area contributed by atoms with Gasteiger partial charge < -0.3 is 14.0 Å². The van der Waals surface area contributed by atoms with Crippen molar-refractivity contribution in [1.82, 2.24) is 13.9 Å². The molecule has 0 radical (unpaired) electrons. The Morgan fingerprint density at radius 2 is 1.97 bits per heavy atom. The van der Waals surface area contributed by atoms with E-state index in [-0.39, 0.29) is 11.5 Å². The predicted octanol–water partition coefficient (Wildman–Crippen LogP) is 2.92. The van der Waals surface area contributed by atoms with Gasteiger partial charge in [0.25, 0.3) is 0 Å². The number of aromatic nitrogens is 2. The molecule has 1 fully saturated rings. The highest BCUT2D eigenvalue weighted by Gasteiger charge is 2.27. The van der Waals surface area contributed by atoms with Crippen LogP contribution < -0.4 is 4.74 Å². The van der Waals surface area contributed by atoms with E-state index in [2.05, 4.69) is 18.0 Å². The van der Waals surface area contributed by atoms with Gasteiger partial charge in [-0.2, -0.15) is 9.57 Å². The molecule has 0 amide bonds. The van der Waals surface area contributed by atoms with Gasteiger partial charge in [0, 0.05) is 19.6 Å². The maximum atomic E-state index is 13.0. The summed E-state index contributed by atoms with van der Waals surface area (Å²) in [6.07, 6.45) is 0.890. The van der Waals surface area contributed by atoms with E-state index >= 15 is 0 Å². The summed E-state index contributed by atoms with van der Waals surface area (Å²) >= 11 is 0. The van der Waals surface area contributed by atoms with Crippen LogP contribution in [0.3, 0.4) is 0 Å². The second kappa shape index (κ2) is 9.06. The highest BCUT2D eigenvalue weighted by atomic mass is 32.2.